The second-order valence-corrected chi connectivity index (χ2v) is 5.83. The first-order chi connectivity index (χ1) is 9.42. The van der Waals surface area contributed by atoms with Gasteiger partial charge in [-0.1, -0.05) is 31.9 Å². The van der Waals surface area contributed by atoms with Crippen LogP contribution < -0.4 is 4.90 Å². The normalized spacial score (nSPS) is 10.2. The van der Waals surface area contributed by atoms with Crippen LogP contribution in [-0.4, -0.2) is 36.7 Å². The molecular weight excluding hydrogens is 394 g/mol. The first kappa shape index (κ1) is 17.0. The Hall–Kier alpha value is -1.08. The average molecular weight is 409 g/mol. The minimum Gasteiger partial charge on any atom is -0.480 e. The summed E-state index contributed by atoms with van der Waals surface area (Å²) < 4.78 is 6.50. The van der Waals surface area contributed by atoms with Gasteiger partial charge in [-0.15, -0.1) is 0 Å². The summed E-state index contributed by atoms with van der Waals surface area (Å²) in [7, 11) is 0. The highest BCUT2D eigenvalue weighted by Crippen LogP contribution is 2.26. The van der Waals surface area contributed by atoms with Gasteiger partial charge in [0.2, 0.25) is 0 Å². The third kappa shape index (κ3) is 5.92. The van der Waals surface area contributed by atoms with Gasteiger partial charge in [-0.2, -0.15) is 0 Å². The fourth-order valence-electron chi connectivity index (χ4n) is 1.64. The van der Waals surface area contributed by atoms with Crippen molar-refractivity contribution < 1.29 is 19.4 Å². The van der Waals surface area contributed by atoms with E-state index in [2.05, 4.69) is 31.9 Å². The number of aliphatic carboxylic acids is 1. The van der Waals surface area contributed by atoms with Gasteiger partial charge in [0.15, 0.2) is 0 Å². The van der Waals surface area contributed by atoms with Crippen LogP contribution in [0, 0.1) is 0 Å². The Balaban J connectivity index is 2.82. The number of anilines is 1. The minimum absolute atomic E-state index is 0.144. The molecule has 0 saturated carbocycles. The molecule has 0 radical (unpaired) electrons. The number of nitrogens with zero attached hydrogens (tertiary/aromatic N) is 1. The van der Waals surface area contributed by atoms with Gasteiger partial charge in [-0.25, -0.2) is 0 Å². The lowest BCUT2D eigenvalue weighted by atomic mass is 10.2. The molecule has 0 unspecified atom stereocenters. The van der Waals surface area contributed by atoms with E-state index in [1.54, 1.807) is 24.0 Å². The third-order valence-corrected chi connectivity index (χ3v) is 3.35. The van der Waals surface area contributed by atoms with Crippen molar-refractivity contribution >= 4 is 49.5 Å². The molecule has 20 heavy (non-hydrogen) atoms. The van der Waals surface area contributed by atoms with Crippen molar-refractivity contribution in [3.05, 3.63) is 27.1 Å². The largest absolute Gasteiger partial charge is 0.480 e. The van der Waals surface area contributed by atoms with Gasteiger partial charge in [0.05, 0.1) is 13.0 Å². The summed E-state index contributed by atoms with van der Waals surface area (Å²) in [5.41, 5.74) is 0.720. The van der Waals surface area contributed by atoms with E-state index in [4.69, 9.17) is 9.84 Å². The van der Waals surface area contributed by atoms with Gasteiger partial charge < -0.3 is 14.7 Å². The van der Waals surface area contributed by atoms with Crippen LogP contribution in [0.5, 0.6) is 0 Å². The maximum Gasteiger partial charge on any atom is 0.323 e. The monoisotopic (exact) mass is 407 g/mol. The second-order valence-electron chi connectivity index (χ2n) is 4.00. The van der Waals surface area contributed by atoms with E-state index in [-0.39, 0.29) is 25.5 Å². The average Bonchev–Trinajstić information content (AvgIpc) is 2.33. The van der Waals surface area contributed by atoms with Gasteiger partial charge in [0, 0.05) is 21.2 Å². The lowest BCUT2D eigenvalue weighted by Crippen LogP contribution is -2.32. The van der Waals surface area contributed by atoms with Crippen molar-refractivity contribution in [3.8, 4) is 0 Å². The Labute approximate surface area is 134 Å². The van der Waals surface area contributed by atoms with Crippen molar-refractivity contribution in [2.45, 2.75) is 13.3 Å². The van der Waals surface area contributed by atoms with Crippen LogP contribution in [0.3, 0.4) is 0 Å². The Morgan fingerprint density at radius 1 is 1.25 bits per heavy atom. The van der Waals surface area contributed by atoms with Crippen LogP contribution in [0.2, 0.25) is 0 Å². The minimum atomic E-state index is -0.954. The zero-order chi connectivity index (χ0) is 15.1. The molecule has 0 saturated heterocycles. The predicted molar refractivity (Wildman–Crippen MR) is 82.9 cm³/mol. The Morgan fingerprint density at radius 3 is 2.35 bits per heavy atom. The Bertz CT molecular complexity index is 473. The molecule has 110 valence electrons. The van der Waals surface area contributed by atoms with Crippen molar-refractivity contribution in [2.75, 3.05) is 24.6 Å². The molecular formula is C13H15Br2NO4. The SMILES string of the molecule is CCOC(=O)CCN(CC(=O)O)c1cc(Br)cc(Br)c1. The highest BCUT2D eigenvalue weighted by molar-refractivity contribution is 9.11. The number of carbonyl (C=O) groups excluding carboxylic acids is 1. The van der Waals surface area contributed by atoms with Crippen LogP contribution in [0.4, 0.5) is 5.69 Å². The zero-order valence-electron chi connectivity index (χ0n) is 10.9. The molecule has 5 nitrogen and oxygen atoms in total. The number of benzene rings is 1. The Kier molecular flexibility index (Phi) is 7.01. The molecule has 0 aliphatic rings. The molecule has 1 rings (SSSR count). The van der Waals surface area contributed by atoms with E-state index < -0.39 is 5.97 Å². The van der Waals surface area contributed by atoms with Crippen LogP contribution in [-0.2, 0) is 14.3 Å². The number of rotatable bonds is 7. The molecule has 0 spiro atoms. The number of carboxylic acids is 1. The van der Waals surface area contributed by atoms with Crippen LogP contribution in [0.15, 0.2) is 27.1 Å². The molecule has 0 atom stereocenters. The predicted octanol–water partition coefficient (Wildman–Crippen LogP) is 3.06. The van der Waals surface area contributed by atoms with Gasteiger partial charge in [-0.05, 0) is 25.1 Å². The standard InChI is InChI=1S/C13H15Br2NO4/c1-2-20-13(19)3-4-16(8-12(17)18)11-6-9(14)5-10(15)7-11/h5-7H,2-4,8H2,1H3,(H,17,18). The summed E-state index contributed by atoms with van der Waals surface area (Å²) in [5.74, 6) is -1.29. The molecule has 1 N–H and O–H groups in total. The maximum absolute atomic E-state index is 11.4. The summed E-state index contributed by atoms with van der Waals surface area (Å²) >= 11 is 6.71. The van der Waals surface area contributed by atoms with Crippen LogP contribution in [0.1, 0.15) is 13.3 Å². The van der Waals surface area contributed by atoms with E-state index in [1.807, 2.05) is 6.07 Å². The maximum atomic E-state index is 11.4. The molecule has 0 bridgehead atoms. The number of hydrogen-bond donors (Lipinski definition) is 1. The molecule has 0 amide bonds. The van der Waals surface area contributed by atoms with E-state index in [9.17, 15) is 9.59 Å². The lowest BCUT2D eigenvalue weighted by Gasteiger charge is -2.23. The third-order valence-electron chi connectivity index (χ3n) is 2.43. The van der Waals surface area contributed by atoms with Crippen LogP contribution >= 0.6 is 31.9 Å². The summed E-state index contributed by atoms with van der Waals surface area (Å²) in [6.07, 6.45) is 0.144. The molecule has 0 aliphatic heterocycles. The summed E-state index contributed by atoms with van der Waals surface area (Å²) in [6.45, 7) is 2.16. The number of hydrogen-bond acceptors (Lipinski definition) is 4. The van der Waals surface area contributed by atoms with E-state index in [0.29, 0.717) is 6.61 Å². The number of carbonyl (C=O) groups is 2. The number of carboxylic acid groups (broad SMARTS) is 1. The molecule has 0 aromatic heterocycles. The van der Waals surface area contributed by atoms with E-state index in [0.717, 1.165) is 14.6 Å². The molecule has 7 heteroatoms. The highest BCUT2D eigenvalue weighted by Gasteiger charge is 2.14. The fourth-order valence-corrected chi connectivity index (χ4v) is 2.91. The smallest absolute Gasteiger partial charge is 0.323 e. The van der Waals surface area contributed by atoms with Crippen molar-refractivity contribution in [2.24, 2.45) is 0 Å². The lowest BCUT2D eigenvalue weighted by molar-refractivity contribution is -0.143. The second kappa shape index (κ2) is 8.26. The van der Waals surface area contributed by atoms with Crippen LogP contribution in [0.25, 0.3) is 0 Å². The van der Waals surface area contributed by atoms with Gasteiger partial charge in [-0.3, -0.25) is 9.59 Å². The van der Waals surface area contributed by atoms with Gasteiger partial charge >= 0.3 is 11.9 Å². The summed E-state index contributed by atoms with van der Waals surface area (Å²) in [6, 6.07) is 5.46. The van der Waals surface area contributed by atoms with Crippen molar-refractivity contribution in [1.29, 1.82) is 0 Å². The summed E-state index contributed by atoms with van der Waals surface area (Å²) in [4.78, 5) is 23.9. The van der Waals surface area contributed by atoms with Gasteiger partial charge in [0.25, 0.3) is 0 Å². The van der Waals surface area contributed by atoms with Crippen molar-refractivity contribution in [1.82, 2.24) is 0 Å². The topological polar surface area (TPSA) is 66.8 Å². The Morgan fingerprint density at radius 2 is 1.85 bits per heavy atom. The van der Waals surface area contributed by atoms with Gasteiger partial charge in [0.1, 0.15) is 6.54 Å². The number of halogens is 2. The first-order valence-corrected chi connectivity index (χ1v) is 7.59. The van der Waals surface area contributed by atoms with E-state index in [1.165, 1.54) is 0 Å². The molecule has 0 aliphatic carbocycles. The fraction of sp³-hybridized carbons (Fsp3) is 0.385. The number of ether oxygens (including phenoxy) is 1. The molecule has 1 aromatic carbocycles. The summed E-state index contributed by atoms with van der Waals surface area (Å²) in [5, 5.41) is 8.97. The number of esters is 1. The molecule has 0 heterocycles. The molecule has 0 fully saturated rings. The first-order valence-electron chi connectivity index (χ1n) is 6.00. The zero-order valence-corrected chi connectivity index (χ0v) is 14.1. The molecule has 1 aromatic rings. The van der Waals surface area contributed by atoms with E-state index >= 15 is 0 Å². The van der Waals surface area contributed by atoms with Crippen molar-refractivity contribution in [3.63, 3.8) is 0 Å². The highest BCUT2D eigenvalue weighted by atomic mass is 79.9. The quantitative estimate of drug-likeness (QED) is 0.702.